The van der Waals surface area contributed by atoms with Crippen LogP contribution in [-0.4, -0.2) is 39.4 Å². The molecule has 0 unspecified atom stereocenters. The maximum Gasteiger partial charge on any atom is 0.246 e. The molecule has 4 rings (SSSR count). The fourth-order valence-electron chi connectivity index (χ4n) is 3.64. The van der Waals surface area contributed by atoms with Crippen LogP contribution in [0.1, 0.15) is 18.4 Å². The molecule has 1 saturated heterocycles. The summed E-state index contributed by atoms with van der Waals surface area (Å²) >= 11 is 0. The van der Waals surface area contributed by atoms with Crippen LogP contribution in [0, 0.1) is 11.7 Å². The fourth-order valence-corrected chi connectivity index (χ4v) is 3.64. The van der Waals surface area contributed by atoms with Crippen LogP contribution >= 0.6 is 0 Å². The smallest absolute Gasteiger partial charge is 0.246 e. The van der Waals surface area contributed by atoms with E-state index in [1.54, 1.807) is 46.1 Å². The van der Waals surface area contributed by atoms with Crippen LogP contribution in [0.3, 0.4) is 0 Å². The minimum absolute atomic E-state index is 0.0557. The SMILES string of the molecule is O=C(Nc1ccc(-n2ccnc2)c(F)c1)C1CCN(C(=O)/C=C/c2ccccc2)CC1. The van der Waals surface area contributed by atoms with Crippen molar-refractivity contribution in [1.29, 1.82) is 0 Å². The Kier molecular flexibility index (Phi) is 6.21. The lowest BCUT2D eigenvalue weighted by molar-refractivity contribution is -0.130. The largest absolute Gasteiger partial charge is 0.339 e. The van der Waals surface area contributed by atoms with E-state index in [2.05, 4.69) is 10.3 Å². The summed E-state index contributed by atoms with van der Waals surface area (Å²) in [5.74, 6) is -0.860. The van der Waals surface area contributed by atoms with Crippen molar-refractivity contribution in [1.82, 2.24) is 14.5 Å². The van der Waals surface area contributed by atoms with Crippen LogP contribution in [0.25, 0.3) is 11.8 Å². The van der Waals surface area contributed by atoms with Gasteiger partial charge in [-0.3, -0.25) is 9.59 Å². The number of benzene rings is 2. The predicted octanol–water partition coefficient (Wildman–Crippen LogP) is 3.90. The minimum atomic E-state index is -0.443. The molecule has 0 saturated carbocycles. The number of likely N-dealkylation sites (tertiary alicyclic amines) is 1. The second-order valence-corrected chi connectivity index (χ2v) is 7.47. The second kappa shape index (κ2) is 9.38. The maximum atomic E-state index is 14.4. The van der Waals surface area contributed by atoms with Crippen LogP contribution in [0.5, 0.6) is 0 Å². The quantitative estimate of drug-likeness (QED) is 0.639. The molecule has 2 aromatic carbocycles. The Bertz CT molecular complexity index is 1070. The second-order valence-electron chi connectivity index (χ2n) is 7.47. The highest BCUT2D eigenvalue weighted by atomic mass is 19.1. The summed E-state index contributed by atoms with van der Waals surface area (Å²) in [6, 6.07) is 14.2. The van der Waals surface area contributed by atoms with E-state index in [9.17, 15) is 14.0 Å². The van der Waals surface area contributed by atoms with E-state index in [1.807, 2.05) is 30.3 Å². The first-order valence-corrected chi connectivity index (χ1v) is 10.2. The van der Waals surface area contributed by atoms with Crippen LogP contribution in [0.4, 0.5) is 10.1 Å². The molecule has 31 heavy (non-hydrogen) atoms. The third kappa shape index (κ3) is 5.06. The summed E-state index contributed by atoms with van der Waals surface area (Å²) in [5, 5.41) is 2.79. The Hall–Kier alpha value is -3.74. The standard InChI is InChI=1S/C24H23FN4O2/c25-21-16-20(7-8-22(21)29-15-12-26-17-29)27-24(31)19-10-13-28(14-11-19)23(30)9-6-18-4-2-1-3-5-18/h1-9,12,15-17,19H,10-11,13-14H2,(H,27,31)/b9-6+. The Balaban J connectivity index is 1.30. The Labute approximate surface area is 180 Å². The average Bonchev–Trinajstić information content (AvgIpc) is 3.33. The molecule has 2 amide bonds. The van der Waals surface area contributed by atoms with Gasteiger partial charge in [-0.25, -0.2) is 9.37 Å². The number of hydrogen-bond donors (Lipinski definition) is 1. The molecule has 0 bridgehead atoms. The van der Waals surface area contributed by atoms with E-state index in [-0.39, 0.29) is 17.7 Å². The highest BCUT2D eigenvalue weighted by Crippen LogP contribution is 2.22. The van der Waals surface area contributed by atoms with Gasteiger partial charge in [0, 0.05) is 43.2 Å². The summed E-state index contributed by atoms with van der Waals surface area (Å²) in [6.07, 6.45) is 9.26. The number of nitrogens with one attached hydrogen (secondary N) is 1. The minimum Gasteiger partial charge on any atom is -0.339 e. The van der Waals surface area contributed by atoms with Gasteiger partial charge in [-0.15, -0.1) is 0 Å². The molecule has 1 aromatic heterocycles. The van der Waals surface area contributed by atoms with Crippen molar-refractivity contribution in [3.63, 3.8) is 0 Å². The number of aromatic nitrogens is 2. The van der Waals surface area contributed by atoms with E-state index >= 15 is 0 Å². The van der Waals surface area contributed by atoms with Crippen molar-refractivity contribution in [2.75, 3.05) is 18.4 Å². The van der Waals surface area contributed by atoms with Gasteiger partial charge < -0.3 is 14.8 Å². The summed E-state index contributed by atoms with van der Waals surface area (Å²) in [4.78, 5) is 30.7. The molecule has 0 atom stereocenters. The molecule has 158 valence electrons. The Morgan fingerprint density at radius 2 is 1.87 bits per heavy atom. The number of carbonyl (C=O) groups is 2. The molecular formula is C24H23FN4O2. The van der Waals surface area contributed by atoms with Crippen molar-refractivity contribution >= 4 is 23.6 Å². The maximum absolute atomic E-state index is 14.4. The molecule has 0 radical (unpaired) electrons. The lowest BCUT2D eigenvalue weighted by atomic mass is 9.95. The number of imidazole rings is 1. The van der Waals surface area contributed by atoms with Crippen LogP contribution in [0.2, 0.25) is 0 Å². The Morgan fingerprint density at radius 1 is 1.10 bits per heavy atom. The lowest BCUT2D eigenvalue weighted by Crippen LogP contribution is -2.40. The van der Waals surface area contributed by atoms with Crippen molar-refractivity contribution in [2.45, 2.75) is 12.8 Å². The van der Waals surface area contributed by atoms with E-state index < -0.39 is 5.82 Å². The number of carbonyl (C=O) groups excluding carboxylic acids is 2. The van der Waals surface area contributed by atoms with Gasteiger partial charge in [0.25, 0.3) is 0 Å². The van der Waals surface area contributed by atoms with Crippen LogP contribution < -0.4 is 5.32 Å². The van der Waals surface area contributed by atoms with Gasteiger partial charge in [0.2, 0.25) is 11.8 Å². The zero-order valence-electron chi connectivity index (χ0n) is 16.9. The van der Waals surface area contributed by atoms with Crippen molar-refractivity contribution in [3.8, 4) is 5.69 Å². The van der Waals surface area contributed by atoms with Gasteiger partial charge >= 0.3 is 0 Å². The monoisotopic (exact) mass is 418 g/mol. The van der Waals surface area contributed by atoms with Gasteiger partial charge in [0.15, 0.2) is 0 Å². The zero-order chi connectivity index (χ0) is 21.6. The number of rotatable bonds is 5. The molecule has 3 aromatic rings. The molecule has 7 heteroatoms. The molecule has 1 aliphatic heterocycles. The third-order valence-electron chi connectivity index (χ3n) is 5.39. The topological polar surface area (TPSA) is 67.2 Å². The lowest BCUT2D eigenvalue weighted by Gasteiger charge is -2.30. The molecule has 1 aliphatic rings. The number of hydrogen-bond acceptors (Lipinski definition) is 3. The van der Waals surface area contributed by atoms with Gasteiger partial charge in [-0.2, -0.15) is 0 Å². The third-order valence-corrected chi connectivity index (χ3v) is 5.39. The van der Waals surface area contributed by atoms with Crippen molar-refractivity contribution in [2.24, 2.45) is 5.92 Å². The van der Waals surface area contributed by atoms with Gasteiger partial charge in [0.1, 0.15) is 5.82 Å². The summed E-state index contributed by atoms with van der Waals surface area (Å²) in [5.41, 5.74) is 1.75. The van der Waals surface area contributed by atoms with E-state index in [0.717, 1.165) is 5.56 Å². The molecule has 0 spiro atoms. The molecule has 6 nitrogen and oxygen atoms in total. The average molecular weight is 418 g/mol. The first-order chi connectivity index (χ1) is 15.1. The Morgan fingerprint density at radius 3 is 2.55 bits per heavy atom. The number of piperidine rings is 1. The zero-order valence-corrected chi connectivity index (χ0v) is 16.9. The molecule has 1 N–H and O–H groups in total. The van der Waals surface area contributed by atoms with E-state index in [1.165, 1.54) is 12.4 Å². The van der Waals surface area contributed by atoms with E-state index in [4.69, 9.17) is 0 Å². The number of amides is 2. The predicted molar refractivity (Wildman–Crippen MR) is 117 cm³/mol. The molecule has 1 fully saturated rings. The van der Waals surface area contributed by atoms with E-state index in [0.29, 0.717) is 37.3 Å². The van der Waals surface area contributed by atoms with Crippen molar-refractivity contribution in [3.05, 3.63) is 84.7 Å². The number of nitrogens with zero attached hydrogens (tertiary/aromatic N) is 3. The van der Waals surface area contributed by atoms with Gasteiger partial charge in [0.05, 0.1) is 12.0 Å². The normalized spacial score (nSPS) is 14.7. The van der Waals surface area contributed by atoms with Crippen molar-refractivity contribution < 1.29 is 14.0 Å². The number of anilines is 1. The molecule has 2 heterocycles. The first kappa shape index (κ1) is 20.5. The van der Waals surface area contributed by atoms with Crippen LogP contribution in [0.15, 0.2) is 73.3 Å². The van der Waals surface area contributed by atoms with Gasteiger partial charge in [-0.1, -0.05) is 30.3 Å². The summed E-state index contributed by atoms with van der Waals surface area (Å²) in [6.45, 7) is 1.04. The first-order valence-electron chi connectivity index (χ1n) is 10.2. The fraction of sp³-hybridized carbons (Fsp3) is 0.208. The molecule has 0 aliphatic carbocycles. The summed E-state index contributed by atoms with van der Waals surface area (Å²) < 4.78 is 16.0. The van der Waals surface area contributed by atoms with Gasteiger partial charge in [-0.05, 0) is 42.7 Å². The van der Waals surface area contributed by atoms with Crippen LogP contribution in [-0.2, 0) is 9.59 Å². The summed E-state index contributed by atoms with van der Waals surface area (Å²) in [7, 11) is 0. The molecular weight excluding hydrogens is 395 g/mol. The highest BCUT2D eigenvalue weighted by molar-refractivity contribution is 5.94. The number of halogens is 1. The highest BCUT2D eigenvalue weighted by Gasteiger charge is 2.26.